The number of rotatable bonds is 11. The van der Waals surface area contributed by atoms with Gasteiger partial charge in [-0.2, -0.15) is 9.97 Å². The number of H-pyrrole nitrogens is 1. The smallest absolute Gasteiger partial charge is 0.328 e. The van der Waals surface area contributed by atoms with Gasteiger partial charge in [-0.3, -0.25) is 14.3 Å². The highest BCUT2D eigenvalue weighted by molar-refractivity contribution is 5.81. The first-order valence-corrected chi connectivity index (χ1v) is 12.0. The zero-order chi connectivity index (χ0) is 24.8. The number of aromatic nitrogens is 4. The Kier molecular flexibility index (Phi) is 7.86. The molecule has 188 valence electrons. The summed E-state index contributed by atoms with van der Waals surface area (Å²) in [6.07, 6.45) is 3.70. The van der Waals surface area contributed by atoms with E-state index >= 15 is 0 Å². The molecular formula is C24H32N6O5. The fourth-order valence-electron chi connectivity index (χ4n) is 4.14. The van der Waals surface area contributed by atoms with Gasteiger partial charge in [0.2, 0.25) is 0 Å². The molecule has 0 bridgehead atoms. The van der Waals surface area contributed by atoms with Gasteiger partial charge in [0.15, 0.2) is 11.5 Å². The Hall–Kier alpha value is -3.60. The summed E-state index contributed by atoms with van der Waals surface area (Å²) < 4.78 is 13.1. The molecule has 2 aromatic heterocycles. The molecule has 11 heteroatoms. The van der Waals surface area contributed by atoms with E-state index in [-0.39, 0.29) is 24.1 Å². The van der Waals surface area contributed by atoms with Gasteiger partial charge in [0.05, 0.1) is 26.3 Å². The number of nitrogens with zero attached hydrogens (tertiary/aromatic N) is 4. The van der Waals surface area contributed by atoms with Crippen LogP contribution in [0.3, 0.4) is 0 Å². The van der Waals surface area contributed by atoms with Crippen LogP contribution in [0, 0.1) is 5.92 Å². The highest BCUT2D eigenvalue weighted by Gasteiger charge is 2.21. The van der Waals surface area contributed by atoms with Gasteiger partial charge < -0.3 is 25.3 Å². The van der Waals surface area contributed by atoms with Crippen molar-refractivity contribution in [3.63, 3.8) is 0 Å². The Balaban J connectivity index is 1.37. The molecule has 1 aliphatic heterocycles. The fraction of sp³-hybridized carbons (Fsp3) is 0.500. The number of aliphatic carboxylic acids is 1. The minimum absolute atomic E-state index is 0.0976. The Morgan fingerprint density at radius 1 is 1.20 bits per heavy atom. The standard InChI is InChI=1S/C24H32N6O5/c1-2-3-12-34-23-27-21(25)20-22(28-23)30(24(33)26-20)13-16-4-6-18(7-5-16)35-15-17-8-10-29(11-9-17)14-19(31)32/h4-7,17H,2-3,8-15H2,1H3,(H,26,33)(H,31,32)(H2,25,27,28). The summed E-state index contributed by atoms with van der Waals surface area (Å²) in [5, 5.41) is 8.91. The van der Waals surface area contributed by atoms with Crippen molar-refractivity contribution in [2.45, 2.75) is 39.2 Å². The lowest BCUT2D eigenvalue weighted by atomic mass is 9.98. The van der Waals surface area contributed by atoms with Crippen molar-refractivity contribution in [2.24, 2.45) is 5.92 Å². The van der Waals surface area contributed by atoms with E-state index in [1.54, 1.807) is 0 Å². The Morgan fingerprint density at radius 3 is 2.63 bits per heavy atom. The molecule has 4 N–H and O–H groups in total. The van der Waals surface area contributed by atoms with E-state index in [2.05, 4.69) is 21.9 Å². The van der Waals surface area contributed by atoms with Crippen molar-refractivity contribution >= 4 is 23.0 Å². The second-order valence-electron chi connectivity index (χ2n) is 8.88. The summed E-state index contributed by atoms with van der Waals surface area (Å²) in [5.41, 5.74) is 7.41. The number of ether oxygens (including phenoxy) is 2. The van der Waals surface area contributed by atoms with Crippen LogP contribution >= 0.6 is 0 Å². The van der Waals surface area contributed by atoms with Gasteiger partial charge in [0.1, 0.15) is 11.3 Å². The van der Waals surface area contributed by atoms with Crippen LogP contribution < -0.4 is 20.9 Å². The highest BCUT2D eigenvalue weighted by atomic mass is 16.5. The van der Waals surface area contributed by atoms with Crippen molar-refractivity contribution in [1.29, 1.82) is 0 Å². The minimum atomic E-state index is -0.786. The predicted octanol–water partition coefficient (Wildman–Crippen LogP) is 2.10. The molecule has 1 fully saturated rings. The average molecular weight is 485 g/mol. The first-order chi connectivity index (χ1) is 16.9. The zero-order valence-electron chi connectivity index (χ0n) is 19.9. The molecule has 3 heterocycles. The SMILES string of the molecule is CCCCOc1nc(N)c2[nH]c(=O)n(Cc3ccc(OCC4CCN(CC(=O)O)CC4)cc3)c2n1. The Morgan fingerprint density at radius 2 is 1.94 bits per heavy atom. The quantitative estimate of drug-likeness (QED) is 0.348. The Bertz CT molecular complexity index is 1200. The van der Waals surface area contributed by atoms with Gasteiger partial charge in [0, 0.05) is 0 Å². The second kappa shape index (κ2) is 11.2. The number of carbonyl (C=O) groups is 1. The molecule has 0 unspecified atom stereocenters. The van der Waals surface area contributed by atoms with Crippen LogP contribution in [0.1, 0.15) is 38.2 Å². The number of hydrogen-bond donors (Lipinski definition) is 3. The number of likely N-dealkylation sites (tertiary alicyclic amines) is 1. The van der Waals surface area contributed by atoms with Gasteiger partial charge in [-0.05, 0) is 56.0 Å². The van der Waals surface area contributed by atoms with Crippen LogP contribution in [0.25, 0.3) is 11.2 Å². The Labute approximate surface area is 202 Å². The van der Waals surface area contributed by atoms with Crippen molar-refractivity contribution < 1.29 is 19.4 Å². The number of nitrogen functional groups attached to an aromatic ring is 1. The molecule has 1 aromatic carbocycles. The van der Waals surface area contributed by atoms with E-state index in [0.29, 0.717) is 36.8 Å². The summed E-state index contributed by atoms with van der Waals surface area (Å²) in [6.45, 7) is 5.11. The zero-order valence-corrected chi connectivity index (χ0v) is 19.9. The second-order valence-corrected chi connectivity index (χ2v) is 8.88. The van der Waals surface area contributed by atoms with Gasteiger partial charge in [0.25, 0.3) is 0 Å². The van der Waals surface area contributed by atoms with Crippen molar-refractivity contribution in [1.82, 2.24) is 24.4 Å². The van der Waals surface area contributed by atoms with Gasteiger partial charge in [-0.25, -0.2) is 4.79 Å². The molecular weight excluding hydrogens is 452 g/mol. The largest absolute Gasteiger partial charge is 0.493 e. The lowest BCUT2D eigenvalue weighted by Crippen LogP contribution is -2.38. The normalized spacial score (nSPS) is 14.9. The number of carboxylic acid groups (broad SMARTS) is 1. The number of hydrogen-bond acceptors (Lipinski definition) is 8. The molecule has 0 atom stereocenters. The number of carboxylic acids is 1. The fourth-order valence-corrected chi connectivity index (χ4v) is 4.14. The topological polar surface area (TPSA) is 149 Å². The maximum atomic E-state index is 12.6. The molecule has 3 aromatic rings. The monoisotopic (exact) mass is 484 g/mol. The summed E-state index contributed by atoms with van der Waals surface area (Å²) in [5.74, 6) is 0.552. The van der Waals surface area contributed by atoms with Crippen LogP contribution in [0.4, 0.5) is 5.82 Å². The summed E-state index contributed by atoms with van der Waals surface area (Å²) >= 11 is 0. The first kappa shape index (κ1) is 24.5. The van der Waals surface area contributed by atoms with E-state index in [1.807, 2.05) is 29.2 Å². The number of nitrogens with one attached hydrogen (secondary N) is 1. The average Bonchev–Trinajstić information content (AvgIpc) is 3.15. The van der Waals surface area contributed by atoms with Crippen LogP contribution in [0.15, 0.2) is 29.1 Å². The van der Waals surface area contributed by atoms with Gasteiger partial charge >= 0.3 is 17.7 Å². The summed E-state index contributed by atoms with van der Waals surface area (Å²) in [4.78, 5) is 36.7. The van der Waals surface area contributed by atoms with Crippen LogP contribution in [0.5, 0.6) is 11.8 Å². The van der Waals surface area contributed by atoms with Crippen LogP contribution in [-0.4, -0.2) is 68.3 Å². The highest BCUT2D eigenvalue weighted by Crippen LogP contribution is 2.21. The van der Waals surface area contributed by atoms with Crippen LogP contribution in [0.2, 0.25) is 0 Å². The molecule has 0 saturated carbocycles. The third-order valence-electron chi connectivity index (χ3n) is 6.17. The van der Waals surface area contributed by atoms with E-state index in [0.717, 1.165) is 50.1 Å². The molecule has 0 amide bonds. The number of nitrogens with two attached hydrogens (primary N) is 1. The number of anilines is 1. The number of benzene rings is 1. The van der Waals surface area contributed by atoms with Gasteiger partial charge in [-0.15, -0.1) is 0 Å². The predicted molar refractivity (Wildman–Crippen MR) is 131 cm³/mol. The number of fused-ring (bicyclic) bond motifs is 1. The summed E-state index contributed by atoms with van der Waals surface area (Å²) in [7, 11) is 0. The number of imidazole rings is 1. The van der Waals surface area contributed by atoms with Crippen molar-refractivity contribution in [3.05, 3.63) is 40.3 Å². The number of aromatic amines is 1. The minimum Gasteiger partial charge on any atom is -0.493 e. The van der Waals surface area contributed by atoms with E-state index in [1.165, 1.54) is 4.57 Å². The molecule has 1 aliphatic rings. The molecule has 0 aliphatic carbocycles. The third kappa shape index (κ3) is 6.30. The third-order valence-corrected chi connectivity index (χ3v) is 6.17. The molecule has 0 radical (unpaired) electrons. The lowest BCUT2D eigenvalue weighted by Gasteiger charge is -2.30. The lowest BCUT2D eigenvalue weighted by molar-refractivity contribution is -0.138. The molecule has 4 rings (SSSR count). The van der Waals surface area contributed by atoms with Crippen LogP contribution in [-0.2, 0) is 11.3 Å². The first-order valence-electron chi connectivity index (χ1n) is 12.0. The molecule has 11 nitrogen and oxygen atoms in total. The summed E-state index contributed by atoms with van der Waals surface area (Å²) in [6, 6.07) is 7.77. The van der Waals surface area contributed by atoms with E-state index < -0.39 is 5.97 Å². The molecule has 35 heavy (non-hydrogen) atoms. The molecule has 1 saturated heterocycles. The van der Waals surface area contributed by atoms with Gasteiger partial charge in [-0.1, -0.05) is 25.5 Å². The van der Waals surface area contributed by atoms with Crippen molar-refractivity contribution in [3.8, 4) is 11.8 Å². The van der Waals surface area contributed by atoms with Crippen molar-refractivity contribution in [2.75, 3.05) is 38.6 Å². The maximum Gasteiger partial charge on any atom is 0.328 e. The van der Waals surface area contributed by atoms with E-state index in [4.69, 9.17) is 20.3 Å². The van der Waals surface area contributed by atoms with E-state index in [9.17, 15) is 9.59 Å². The number of unbranched alkanes of at least 4 members (excludes halogenated alkanes) is 1. The molecule has 0 spiro atoms. The number of piperidine rings is 1. The maximum absolute atomic E-state index is 12.6.